The zero-order valence-electron chi connectivity index (χ0n) is 19.8. The summed E-state index contributed by atoms with van der Waals surface area (Å²) in [7, 11) is 1.70. The number of nitrogens with one attached hydrogen (secondary N) is 1. The van der Waals surface area contributed by atoms with Gasteiger partial charge in [-0.1, -0.05) is 26.0 Å². The lowest BCUT2D eigenvalue weighted by Crippen LogP contribution is -2.36. The van der Waals surface area contributed by atoms with Crippen molar-refractivity contribution >= 4 is 5.91 Å². The molecule has 0 spiro atoms. The number of nitrogens with zero attached hydrogens (tertiary/aromatic N) is 4. The van der Waals surface area contributed by atoms with Crippen LogP contribution >= 0.6 is 0 Å². The number of carbonyl (C=O) groups is 1. The van der Waals surface area contributed by atoms with Gasteiger partial charge in [-0.2, -0.15) is 5.26 Å². The van der Waals surface area contributed by atoms with Crippen LogP contribution in [0.5, 0.6) is 5.75 Å². The SMILES string of the molecule is CC.CN(N)/C=C\N.N#CN1CCC(NC(=O)c2cc(-c3cccc(OC(F)(F)F)c3)ccn2)C1. The lowest BCUT2D eigenvalue weighted by Gasteiger charge is -2.13. The first kappa shape index (κ1) is 29.1. The number of amides is 1. The number of halogens is 3. The van der Waals surface area contributed by atoms with E-state index >= 15 is 0 Å². The van der Waals surface area contributed by atoms with E-state index in [1.807, 2.05) is 20.0 Å². The second-order valence-electron chi connectivity index (χ2n) is 7.02. The van der Waals surface area contributed by atoms with Crippen LogP contribution in [0.1, 0.15) is 30.8 Å². The molecule has 1 aliphatic rings. The lowest BCUT2D eigenvalue weighted by molar-refractivity contribution is -0.274. The predicted molar refractivity (Wildman–Crippen MR) is 126 cm³/mol. The number of likely N-dealkylation sites (tertiary alicyclic amines) is 1. The lowest BCUT2D eigenvalue weighted by atomic mass is 10.1. The van der Waals surface area contributed by atoms with Gasteiger partial charge < -0.3 is 25.7 Å². The molecule has 0 bridgehead atoms. The highest BCUT2D eigenvalue weighted by molar-refractivity contribution is 5.93. The molecule has 3 rings (SSSR count). The highest BCUT2D eigenvalue weighted by Crippen LogP contribution is 2.28. The number of carbonyl (C=O) groups excluding carboxylic acids is 1. The Kier molecular flexibility index (Phi) is 11.9. The van der Waals surface area contributed by atoms with Crippen LogP contribution in [0.25, 0.3) is 11.1 Å². The van der Waals surface area contributed by atoms with E-state index in [0.717, 1.165) is 0 Å². The number of alkyl halides is 3. The van der Waals surface area contributed by atoms with Crippen LogP contribution in [0.3, 0.4) is 0 Å². The molecular formula is C23H30F3N7O2. The molecule has 0 radical (unpaired) electrons. The number of hydrogen-bond acceptors (Lipinski definition) is 8. The van der Waals surface area contributed by atoms with Crippen molar-refractivity contribution in [2.45, 2.75) is 32.7 Å². The first-order valence-corrected chi connectivity index (χ1v) is 10.7. The van der Waals surface area contributed by atoms with Gasteiger partial charge in [0.05, 0.1) is 0 Å². The maximum absolute atomic E-state index is 12.4. The number of hydrogen-bond donors (Lipinski definition) is 3. The minimum absolute atomic E-state index is 0.144. The highest BCUT2D eigenvalue weighted by Gasteiger charge is 2.31. The molecule has 190 valence electrons. The maximum Gasteiger partial charge on any atom is 0.573 e. The summed E-state index contributed by atoms with van der Waals surface area (Å²) in [6.45, 7) is 5.03. The Balaban J connectivity index is 0.000000670. The molecule has 35 heavy (non-hydrogen) atoms. The average molecular weight is 494 g/mol. The maximum atomic E-state index is 12.4. The zero-order valence-corrected chi connectivity index (χ0v) is 19.8. The topological polar surface area (TPSA) is 134 Å². The summed E-state index contributed by atoms with van der Waals surface area (Å²) >= 11 is 0. The van der Waals surface area contributed by atoms with Crippen molar-refractivity contribution in [1.29, 1.82) is 5.26 Å². The van der Waals surface area contributed by atoms with Crippen molar-refractivity contribution in [3.05, 3.63) is 60.7 Å². The van der Waals surface area contributed by atoms with Gasteiger partial charge >= 0.3 is 6.36 Å². The average Bonchev–Trinajstić information content (AvgIpc) is 3.27. The van der Waals surface area contributed by atoms with Crippen LogP contribution in [0.4, 0.5) is 13.2 Å². The molecule has 1 aromatic carbocycles. The third-order valence-corrected chi connectivity index (χ3v) is 4.38. The van der Waals surface area contributed by atoms with Crippen molar-refractivity contribution in [3.8, 4) is 23.1 Å². The normalized spacial score (nSPS) is 14.7. The van der Waals surface area contributed by atoms with Gasteiger partial charge in [-0.25, -0.2) is 5.84 Å². The minimum atomic E-state index is -4.78. The van der Waals surface area contributed by atoms with Gasteiger partial charge in [0.1, 0.15) is 11.4 Å². The van der Waals surface area contributed by atoms with Crippen LogP contribution in [0.2, 0.25) is 0 Å². The molecule has 1 amide bonds. The molecular weight excluding hydrogens is 463 g/mol. The molecule has 9 nitrogen and oxygen atoms in total. The summed E-state index contributed by atoms with van der Waals surface area (Å²) < 4.78 is 41.1. The number of aromatic nitrogens is 1. The van der Waals surface area contributed by atoms with Crippen molar-refractivity contribution in [1.82, 2.24) is 20.2 Å². The quantitative estimate of drug-likeness (QED) is 0.329. The van der Waals surface area contributed by atoms with E-state index in [1.165, 1.54) is 41.7 Å². The second kappa shape index (κ2) is 14.3. The summed E-state index contributed by atoms with van der Waals surface area (Å²) in [4.78, 5) is 18.0. The Bertz CT molecular complexity index is 1010. The summed E-state index contributed by atoms with van der Waals surface area (Å²) in [5, 5.41) is 13.0. The summed E-state index contributed by atoms with van der Waals surface area (Å²) in [5.74, 6) is 4.33. The number of benzene rings is 1. The number of hydrazine groups is 1. The van der Waals surface area contributed by atoms with Crippen molar-refractivity contribution in [3.63, 3.8) is 0 Å². The third kappa shape index (κ3) is 10.7. The summed E-state index contributed by atoms with van der Waals surface area (Å²) in [6.07, 6.45) is 2.26. The largest absolute Gasteiger partial charge is 0.573 e. The smallest absolute Gasteiger partial charge is 0.406 e. The number of nitriles is 1. The molecule has 1 aromatic heterocycles. The van der Waals surface area contributed by atoms with Gasteiger partial charge in [-0.05, 0) is 41.8 Å². The van der Waals surface area contributed by atoms with E-state index in [2.05, 4.69) is 15.0 Å². The Morgan fingerprint density at radius 1 is 1.31 bits per heavy atom. The van der Waals surface area contributed by atoms with Gasteiger partial charge in [0.2, 0.25) is 0 Å². The van der Waals surface area contributed by atoms with Crippen molar-refractivity contribution in [2.75, 3.05) is 20.1 Å². The van der Waals surface area contributed by atoms with E-state index in [1.54, 1.807) is 30.3 Å². The molecule has 0 aliphatic carbocycles. The number of rotatable bonds is 5. The summed E-state index contributed by atoms with van der Waals surface area (Å²) in [5.41, 5.74) is 6.07. The second-order valence-corrected chi connectivity index (χ2v) is 7.02. The fourth-order valence-electron chi connectivity index (χ4n) is 2.97. The van der Waals surface area contributed by atoms with Crippen molar-refractivity contribution in [2.24, 2.45) is 11.6 Å². The standard InChI is InChI=1S/C18H15F3N4O2.C3H9N3.C2H6/c19-18(20,21)27-15-3-1-2-12(8-15)13-4-6-23-16(9-13)17(26)24-14-5-7-25(10-14)11-22;1-6(5)3-2-4;1-2/h1-4,6,8-9,14H,5,7,10H2,(H,24,26);2-3H,4-5H2,1H3;1-2H3/b;3-2-;. The number of ether oxygens (including phenoxy) is 1. The fraction of sp³-hybridized carbons (Fsp3) is 0.348. The van der Waals surface area contributed by atoms with E-state index in [4.69, 9.17) is 16.8 Å². The summed E-state index contributed by atoms with van der Waals surface area (Å²) in [6, 6.07) is 8.44. The van der Waals surface area contributed by atoms with Gasteiger partial charge in [-0.3, -0.25) is 9.78 Å². The van der Waals surface area contributed by atoms with Gasteiger partial charge in [0, 0.05) is 44.8 Å². The van der Waals surface area contributed by atoms with Crippen LogP contribution in [0, 0.1) is 11.5 Å². The first-order chi connectivity index (χ1) is 16.6. The monoisotopic (exact) mass is 493 g/mol. The fourth-order valence-corrected chi connectivity index (χ4v) is 2.97. The minimum Gasteiger partial charge on any atom is -0.406 e. The molecule has 2 heterocycles. The van der Waals surface area contributed by atoms with Crippen LogP contribution in [0.15, 0.2) is 55.0 Å². The zero-order chi connectivity index (χ0) is 26.4. The Morgan fingerprint density at radius 2 is 2.00 bits per heavy atom. The molecule has 1 atom stereocenters. The van der Waals surface area contributed by atoms with E-state index in [0.29, 0.717) is 30.6 Å². The van der Waals surface area contributed by atoms with Crippen LogP contribution < -0.4 is 21.6 Å². The van der Waals surface area contributed by atoms with Gasteiger partial charge in [-0.15, -0.1) is 13.2 Å². The van der Waals surface area contributed by atoms with Gasteiger partial charge in [0.25, 0.3) is 5.91 Å². The molecule has 2 aromatic rings. The molecule has 1 aliphatic heterocycles. The molecule has 0 saturated carbocycles. The predicted octanol–water partition coefficient (Wildman–Crippen LogP) is 3.18. The number of pyridine rings is 1. The number of nitrogens with two attached hydrogens (primary N) is 2. The van der Waals surface area contributed by atoms with E-state index in [9.17, 15) is 18.0 Å². The van der Waals surface area contributed by atoms with Gasteiger partial charge in [0.15, 0.2) is 6.19 Å². The Labute approximate surface area is 202 Å². The van der Waals surface area contributed by atoms with Crippen LogP contribution in [-0.2, 0) is 0 Å². The molecule has 1 unspecified atom stereocenters. The molecule has 12 heteroatoms. The Morgan fingerprint density at radius 3 is 2.54 bits per heavy atom. The first-order valence-electron chi connectivity index (χ1n) is 10.7. The molecule has 1 fully saturated rings. The molecule has 1 saturated heterocycles. The van der Waals surface area contributed by atoms with E-state index < -0.39 is 12.3 Å². The van der Waals surface area contributed by atoms with Crippen molar-refractivity contribution < 1.29 is 22.7 Å². The van der Waals surface area contributed by atoms with Crippen LogP contribution in [-0.4, -0.2) is 53.3 Å². The Hall–Kier alpha value is -3.98. The third-order valence-electron chi connectivity index (χ3n) is 4.38. The highest BCUT2D eigenvalue weighted by atomic mass is 19.4. The van der Waals surface area contributed by atoms with E-state index in [-0.39, 0.29) is 17.5 Å². The molecule has 5 N–H and O–H groups in total.